The van der Waals surface area contributed by atoms with Crippen LogP contribution >= 0.6 is 0 Å². The smallest absolute Gasteiger partial charge is 0.307 e. The van der Waals surface area contributed by atoms with Crippen LogP contribution in [0, 0.1) is 0 Å². The molecular weight excluding hydrogens is 364 g/mol. The van der Waals surface area contributed by atoms with E-state index in [9.17, 15) is 9.59 Å². The summed E-state index contributed by atoms with van der Waals surface area (Å²) in [5, 5.41) is 7.84. The summed E-state index contributed by atoms with van der Waals surface area (Å²) in [5.41, 5.74) is 0. The van der Waals surface area contributed by atoms with Gasteiger partial charge < -0.3 is 9.84 Å². The number of carboxylic acids is 1. The first-order valence-electron chi connectivity index (χ1n) is 11.7. The SMILES string of the molecule is C=CCC(=O)O.C=CCOC(=O)CCCCCCCCCCCCCCCCC. The lowest BCUT2D eigenvalue weighted by molar-refractivity contribution is -0.142. The van der Waals surface area contributed by atoms with E-state index in [0.29, 0.717) is 13.0 Å². The van der Waals surface area contributed by atoms with E-state index in [-0.39, 0.29) is 12.4 Å². The molecule has 29 heavy (non-hydrogen) atoms. The predicted octanol–water partition coefficient (Wildman–Crippen LogP) is 7.62. The Kier molecular flexibility index (Phi) is 27.0. The second-order valence-corrected chi connectivity index (χ2v) is 7.56. The van der Waals surface area contributed by atoms with Gasteiger partial charge in [0, 0.05) is 6.42 Å². The molecular formula is C25H46O4. The highest BCUT2D eigenvalue weighted by Gasteiger charge is 2.01. The highest BCUT2D eigenvalue weighted by atomic mass is 16.5. The molecule has 0 saturated carbocycles. The maximum Gasteiger partial charge on any atom is 0.307 e. The quantitative estimate of drug-likeness (QED) is 0.127. The molecule has 0 aliphatic rings. The molecule has 0 heterocycles. The Hall–Kier alpha value is -1.58. The van der Waals surface area contributed by atoms with Crippen LogP contribution in [0.25, 0.3) is 0 Å². The maximum absolute atomic E-state index is 11.3. The minimum absolute atomic E-state index is 0.0556. The highest BCUT2D eigenvalue weighted by Crippen LogP contribution is 2.13. The van der Waals surface area contributed by atoms with Gasteiger partial charge in [-0.1, -0.05) is 116 Å². The standard InChI is InChI=1S/C21H40O2.C4H6O2/c1-3-5-6-7-8-9-10-11-12-13-14-15-16-17-18-19-21(22)23-20-4-2;1-2-3-4(5)6/h4H,2-3,5-20H2,1H3;2H,1,3H2,(H,5,6). The monoisotopic (exact) mass is 410 g/mol. The van der Waals surface area contributed by atoms with Gasteiger partial charge in [0.15, 0.2) is 0 Å². The van der Waals surface area contributed by atoms with E-state index in [1.54, 1.807) is 6.08 Å². The fourth-order valence-corrected chi connectivity index (χ4v) is 2.99. The largest absolute Gasteiger partial charge is 0.481 e. The summed E-state index contributed by atoms with van der Waals surface area (Å²) in [7, 11) is 0. The summed E-state index contributed by atoms with van der Waals surface area (Å²) in [4.78, 5) is 20.8. The molecule has 0 atom stereocenters. The summed E-state index contributed by atoms with van der Waals surface area (Å²) in [6.45, 7) is 9.37. The minimum atomic E-state index is -0.829. The fourth-order valence-electron chi connectivity index (χ4n) is 2.99. The lowest BCUT2D eigenvalue weighted by Gasteiger charge is -2.04. The molecule has 0 aliphatic heterocycles. The van der Waals surface area contributed by atoms with Gasteiger partial charge in [-0.3, -0.25) is 9.59 Å². The average molecular weight is 411 g/mol. The molecule has 1 N–H and O–H groups in total. The summed E-state index contributed by atoms with van der Waals surface area (Å²) >= 11 is 0. The van der Waals surface area contributed by atoms with Crippen molar-refractivity contribution in [2.75, 3.05) is 6.61 Å². The Morgan fingerprint density at radius 2 is 1.14 bits per heavy atom. The van der Waals surface area contributed by atoms with Gasteiger partial charge in [-0.25, -0.2) is 0 Å². The second kappa shape index (κ2) is 26.4. The summed E-state index contributed by atoms with van der Waals surface area (Å²) in [6, 6.07) is 0. The third-order valence-corrected chi connectivity index (χ3v) is 4.67. The molecule has 0 unspecified atom stereocenters. The first-order chi connectivity index (χ1) is 14.1. The van der Waals surface area contributed by atoms with Gasteiger partial charge in [-0.05, 0) is 6.42 Å². The summed E-state index contributed by atoms with van der Waals surface area (Å²) in [5.74, 6) is -0.912. The van der Waals surface area contributed by atoms with E-state index >= 15 is 0 Å². The van der Waals surface area contributed by atoms with Gasteiger partial charge in [0.2, 0.25) is 0 Å². The number of carboxylic acid groups (broad SMARTS) is 1. The molecule has 0 rings (SSSR count). The molecule has 4 nitrogen and oxygen atoms in total. The van der Waals surface area contributed by atoms with Crippen molar-refractivity contribution in [2.45, 2.75) is 116 Å². The van der Waals surface area contributed by atoms with E-state index in [2.05, 4.69) is 20.1 Å². The molecule has 0 amide bonds. The van der Waals surface area contributed by atoms with E-state index in [0.717, 1.165) is 12.8 Å². The van der Waals surface area contributed by atoms with Crippen LogP contribution < -0.4 is 0 Å². The van der Waals surface area contributed by atoms with Crippen LogP contribution in [0.2, 0.25) is 0 Å². The first-order valence-corrected chi connectivity index (χ1v) is 11.7. The van der Waals surface area contributed by atoms with Crippen LogP contribution in [0.15, 0.2) is 25.3 Å². The van der Waals surface area contributed by atoms with Crippen molar-refractivity contribution >= 4 is 11.9 Å². The topological polar surface area (TPSA) is 63.6 Å². The third-order valence-electron chi connectivity index (χ3n) is 4.67. The molecule has 0 aromatic heterocycles. The van der Waals surface area contributed by atoms with Gasteiger partial charge in [0.05, 0.1) is 6.42 Å². The van der Waals surface area contributed by atoms with Crippen LogP contribution in [-0.4, -0.2) is 23.7 Å². The molecule has 0 fully saturated rings. The summed E-state index contributed by atoms with van der Waals surface area (Å²) in [6.07, 6.45) is 23.8. The first kappa shape index (κ1) is 29.6. The van der Waals surface area contributed by atoms with E-state index < -0.39 is 5.97 Å². The molecule has 4 heteroatoms. The maximum atomic E-state index is 11.3. The lowest BCUT2D eigenvalue weighted by Crippen LogP contribution is -2.03. The molecule has 0 aliphatic carbocycles. The highest BCUT2D eigenvalue weighted by molar-refractivity contribution is 5.69. The number of carbonyl (C=O) groups excluding carboxylic acids is 1. The fraction of sp³-hybridized carbons (Fsp3) is 0.760. The zero-order valence-corrected chi connectivity index (χ0v) is 19.0. The molecule has 0 saturated heterocycles. The molecule has 0 aromatic carbocycles. The molecule has 0 bridgehead atoms. The molecule has 170 valence electrons. The number of ether oxygens (including phenoxy) is 1. The van der Waals surface area contributed by atoms with Crippen LogP contribution in [0.3, 0.4) is 0 Å². The normalized spacial score (nSPS) is 9.97. The lowest BCUT2D eigenvalue weighted by atomic mass is 10.0. The van der Waals surface area contributed by atoms with Gasteiger partial charge in [0.25, 0.3) is 0 Å². The van der Waals surface area contributed by atoms with Crippen molar-refractivity contribution in [3.05, 3.63) is 25.3 Å². The number of hydrogen-bond donors (Lipinski definition) is 1. The number of carbonyl (C=O) groups is 2. The third kappa shape index (κ3) is 31.3. The van der Waals surface area contributed by atoms with Crippen molar-refractivity contribution in [2.24, 2.45) is 0 Å². The Morgan fingerprint density at radius 1 is 0.724 bits per heavy atom. The van der Waals surface area contributed by atoms with Gasteiger partial charge >= 0.3 is 11.9 Å². The van der Waals surface area contributed by atoms with E-state index in [1.165, 1.54) is 89.5 Å². The number of hydrogen-bond acceptors (Lipinski definition) is 3. The van der Waals surface area contributed by atoms with Crippen LogP contribution in [0.4, 0.5) is 0 Å². The second-order valence-electron chi connectivity index (χ2n) is 7.56. The zero-order chi connectivity index (χ0) is 22.0. The summed E-state index contributed by atoms with van der Waals surface area (Å²) < 4.78 is 4.95. The Morgan fingerprint density at radius 3 is 1.45 bits per heavy atom. The Balaban J connectivity index is 0. The molecule has 0 spiro atoms. The van der Waals surface area contributed by atoms with Crippen molar-refractivity contribution in [1.29, 1.82) is 0 Å². The number of rotatable bonds is 20. The van der Waals surface area contributed by atoms with Crippen LogP contribution in [-0.2, 0) is 14.3 Å². The Labute approximate surface area is 179 Å². The van der Waals surface area contributed by atoms with Crippen molar-refractivity contribution in [3.8, 4) is 0 Å². The van der Waals surface area contributed by atoms with Crippen molar-refractivity contribution in [3.63, 3.8) is 0 Å². The van der Waals surface area contributed by atoms with Crippen LogP contribution in [0.5, 0.6) is 0 Å². The predicted molar refractivity (Wildman–Crippen MR) is 123 cm³/mol. The van der Waals surface area contributed by atoms with Gasteiger partial charge in [-0.15, -0.1) is 6.58 Å². The van der Waals surface area contributed by atoms with Gasteiger partial charge in [-0.2, -0.15) is 0 Å². The molecule has 0 radical (unpaired) electrons. The van der Waals surface area contributed by atoms with Crippen molar-refractivity contribution in [1.82, 2.24) is 0 Å². The number of unbranched alkanes of at least 4 members (excludes halogenated alkanes) is 14. The zero-order valence-electron chi connectivity index (χ0n) is 19.0. The van der Waals surface area contributed by atoms with Crippen molar-refractivity contribution < 1.29 is 19.4 Å². The Bertz CT molecular complexity index is 390. The minimum Gasteiger partial charge on any atom is -0.481 e. The van der Waals surface area contributed by atoms with E-state index in [1.807, 2.05) is 0 Å². The molecule has 0 aromatic rings. The number of aliphatic carboxylic acids is 1. The number of esters is 1. The van der Waals surface area contributed by atoms with E-state index in [4.69, 9.17) is 9.84 Å². The van der Waals surface area contributed by atoms with Gasteiger partial charge in [0.1, 0.15) is 6.61 Å². The average Bonchev–Trinajstić information content (AvgIpc) is 2.69. The van der Waals surface area contributed by atoms with Crippen LogP contribution in [0.1, 0.15) is 116 Å².